The van der Waals surface area contributed by atoms with Crippen molar-refractivity contribution in [3.05, 3.63) is 52.7 Å². The molecule has 1 aromatic carbocycles. The van der Waals surface area contributed by atoms with Gasteiger partial charge in [-0.25, -0.2) is 4.98 Å². The minimum Gasteiger partial charge on any atom is -0.454 e. The zero-order valence-electron chi connectivity index (χ0n) is 12.4. The quantitative estimate of drug-likeness (QED) is 0.710. The van der Waals surface area contributed by atoms with Gasteiger partial charge in [0.1, 0.15) is 0 Å². The van der Waals surface area contributed by atoms with Crippen molar-refractivity contribution in [2.24, 2.45) is 0 Å². The van der Waals surface area contributed by atoms with Gasteiger partial charge in [-0.3, -0.25) is 10.1 Å². The zero-order valence-corrected chi connectivity index (χ0v) is 14.0. The number of hydrogen-bond donors (Lipinski definition) is 1. The van der Waals surface area contributed by atoms with E-state index < -0.39 is 0 Å². The first kappa shape index (κ1) is 14.9. The van der Waals surface area contributed by atoms with Gasteiger partial charge in [-0.15, -0.1) is 22.7 Å². The lowest BCUT2D eigenvalue weighted by molar-refractivity contribution is -0.111. The lowest BCUT2D eigenvalue weighted by atomic mass is 10.2. The second-order valence-corrected chi connectivity index (χ2v) is 6.76. The summed E-state index contributed by atoms with van der Waals surface area (Å²) in [4.78, 5) is 17.5. The highest BCUT2D eigenvalue weighted by Gasteiger charge is 2.12. The van der Waals surface area contributed by atoms with Gasteiger partial charge in [0, 0.05) is 11.5 Å². The van der Waals surface area contributed by atoms with E-state index in [1.54, 1.807) is 17.4 Å². The zero-order chi connectivity index (χ0) is 16.4. The summed E-state index contributed by atoms with van der Waals surface area (Å²) in [5.74, 6) is 1.19. The normalized spacial score (nSPS) is 12.7. The van der Waals surface area contributed by atoms with E-state index in [1.807, 2.05) is 41.1 Å². The second kappa shape index (κ2) is 6.46. The van der Waals surface area contributed by atoms with Crippen molar-refractivity contribution >= 4 is 39.8 Å². The number of nitrogens with zero attached hydrogens (tertiary/aromatic N) is 1. The maximum absolute atomic E-state index is 12.0. The van der Waals surface area contributed by atoms with Crippen molar-refractivity contribution in [2.45, 2.75) is 0 Å². The molecule has 1 aliphatic rings. The summed E-state index contributed by atoms with van der Waals surface area (Å²) in [5.41, 5.74) is 1.75. The number of carbonyl (C=O) groups excluding carboxylic acids is 1. The Morgan fingerprint density at radius 1 is 1.21 bits per heavy atom. The number of anilines is 1. The first-order valence-electron chi connectivity index (χ1n) is 7.16. The molecule has 0 atom stereocenters. The average Bonchev–Trinajstić information content (AvgIpc) is 3.32. The van der Waals surface area contributed by atoms with Gasteiger partial charge >= 0.3 is 0 Å². The average molecular weight is 356 g/mol. The molecule has 7 heteroatoms. The van der Waals surface area contributed by atoms with Crippen molar-refractivity contribution in [3.63, 3.8) is 0 Å². The third kappa shape index (κ3) is 3.17. The molecule has 0 aliphatic carbocycles. The Bertz CT molecular complexity index is 900. The molecule has 1 amide bonds. The SMILES string of the molecule is O=C(/C=C/c1ccc2c(c1)OCO2)Nc1nc(-c2cccs2)cs1. The number of thiazole rings is 1. The molecule has 120 valence electrons. The summed E-state index contributed by atoms with van der Waals surface area (Å²) >= 11 is 3.03. The van der Waals surface area contributed by atoms with Crippen LogP contribution in [0.25, 0.3) is 16.6 Å². The minimum atomic E-state index is -0.222. The number of carbonyl (C=O) groups is 1. The molecule has 3 heterocycles. The lowest BCUT2D eigenvalue weighted by Gasteiger charge is -1.98. The molecule has 0 radical (unpaired) electrons. The number of nitrogens with one attached hydrogen (secondary N) is 1. The van der Waals surface area contributed by atoms with Crippen LogP contribution in [0.5, 0.6) is 11.5 Å². The molecule has 4 rings (SSSR count). The summed E-state index contributed by atoms with van der Waals surface area (Å²) in [6, 6.07) is 9.52. The molecule has 0 fully saturated rings. The number of ether oxygens (including phenoxy) is 2. The number of thiophene rings is 1. The molecule has 2 aromatic heterocycles. The van der Waals surface area contributed by atoms with E-state index in [9.17, 15) is 4.79 Å². The Morgan fingerprint density at radius 3 is 3.00 bits per heavy atom. The largest absolute Gasteiger partial charge is 0.454 e. The van der Waals surface area contributed by atoms with Gasteiger partial charge in [0.15, 0.2) is 16.6 Å². The van der Waals surface area contributed by atoms with Gasteiger partial charge in [-0.2, -0.15) is 0 Å². The summed E-state index contributed by atoms with van der Waals surface area (Å²) < 4.78 is 10.6. The van der Waals surface area contributed by atoms with Crippen molar-refractivity contribution in [2.75, 3.05) is 12.1 Å². The highest BCUT2D eigenvalue weighted by atomic mass is 32.1. The molecule has 0 unspecified atom stereocenters. The number of amides is 1. The van der Waals surface area contributed by atoms with Crippen LogP contribution >= 0.6 is 22.7 Å². The summed E-state index contributed by atoms with van der Waals surface area (Å²) in [6.45, 7) is 0.236. The Labute approximate surface area is 146 Å². The molecular formula is C17H12N2O3S2. The summed E-state index contributed by atoms with van der Waals surface area (Å²) in [6.07, 6.45) is 3.20. The van der Waals surface area contributed by atoms with Crippen LogP contribution in [-0.2, 0) is 4.79 Å². The molecule has 0 saturated carbocycles. The third-order valence-corrected chi connectivity index (χ3v) is 4.98. The first-order valence-corrected chi connectivity index (χ1v) is 8.92. The van der Waals surface area contributed by atoms with E-state index in [-0.39, 0.29) is 12.7 Å². The van der Waals surface area contributed by atoms with E-state index >= 15 is 0 Å². The van der Waals surface area contributed by atoms with E-state index in [1.165, 1.54) is 17.4 Å². The van der Waals surface area contributed by atoms with E-state index in [0.717, 1.165) is 21.9 Å². The standard InChI is InChI=1S/C17H12N2O3S2/c20-16(6-4-11-3-5-13-14(8-11)22-10-21-13)19-17-18-12(9-24-17)15-2-1-7-23-15/h1-9H,10H2,(H,18,19,20)/b6-4+. The molecular weight excluding hydrogens is 344 g/mol. The van der Waals surface area contributed by atoms with Crippen LogP contribution in [-0.4, -0.2) is 17.7 Å². The van der Waals surface area contributed by atoms with Gasteiger partial charge in [0.2, 0.25) is 12.7 Å². The van der Waals surface area contributed by atoms with Crippen molar-refractivity contribution in [1.29, 1.82) is 0 Å². The Morgan fingerprint density at radius 2 is 2.12 bits per heavy atom. The first-order chi connectivity index (χ1) is 11.8. The van der Waals surface area contributed by atoms with Crippen LogP contribution in [0.1, 0.15) is 5.56 Å². The highest BCUT2D eigenvalue weighted by Crippen LogP contribution is 2.33. The molecule has 0 spiro atoms. The van der Waals surface area contributed by atoms with E-state index in [4.69, 9.17) is 9.47 Å². The molecule has 3 aromatic rings. The molecule has 1 N–H and O–H groups in total. The number of fused-ring (bicyclic) bond motifs is 1. The number of rotatable bonds is 4. The van der Waals surface area contributed by atoms with E-state index in [2.05, 4.69) is 10.3 Å². The van der Waals surface area contributed by atoms with Crippen LogP contribution in [0.4, 0.5) is 5.13 Å². The fourth-order valence-electron chi connectivity index (χ4n) is 2.20. The van der Waals surface area contributed by atoms with Crippen LogP contribution < -0.4 is 14.8 Å². The number of aromatic nitrogens is 1. The highest BCUT2D eigenvalue weighted by molar-refractivity contribution is 7.16. The van der Waals surface area contributed by atoms with Crippen LogP contribution in [0, 0.1) is 0 Å². The van der Waals surface area contributed by atoms with Crippen molar-refractivity contribution in [1.82, 2.24) is 4.98 Å². The van der Waals surface area contributed by atoms with Crippen molar-refractivity contribution in [3.8, 4) is 22.1 Å². The van der Waals surface area contributed by atoms with Crippen LogP contribution in [0.15, 0.2) is 47.2 Å². The van der Waals surface area contributed by atoms with Gasteiger partial charge in [0.25, 0.3) is 0 Å². The lowest BCUT2D eigenvalue weighted by Crippen LogP contribution is -2.07. The topological polar surface area (TPSA) is 60.5 Å². The fraction of sp³-hybridized carbons (Fsp3) is 0.0588. The van der Waals surface area contributed by atoms with Gasteiger partial charge in [-0.1, -0.05) is 12.1 Å². The van der Waals surface area contributed by atoms with E-state index in [0.29, 0.717) is 10.9 Å². The maximum Gasteiger partial charge on any atom is 0.250 e. The Hall–Kier alpha value is -2.64. The predicted molar refractivity (Wildman–Crippen MR) is 95.7 cm³/mol. The fourth-order valence-corrected chi connectivity index (χ4v) is 3.68. The molecule has 0 saturated heterocycles. The van der Waals surface area contributed by atoms with Gasteiger partial charge in [-0.05, 0) is 35.2 Å². The Kier molecular flexibility index (Phi) is 4.02. The monoisotopic (exact) mass is 356 g/mol. The molecule has 1 aliphatic heterocycles. The summed E-state index contributed by atoms with van der Waals surface area (Å²) in [7, 11) is 0. The second-order valence-electron chi connectivity index (χ2n) is 4.95. The predicted octanol–water partition coefficient (Wildman–Crippen LogP) is 4.25. The van der Waals surface area contributed by atoms with Crippen molar-refractivity contribution < 1.29 is 14.3 Å². The van der Waals surface area contributed by atoms with Crippen LogP contribution in [0.2, 0.25) is 0 Å². The maximum atomic E-state index is 12.0. The number of hydrogen-bond acceptors (Lipinski definition) is 6. The Balaban J connectivity index is 1.41. The minimum absolute atomic E-state index is 0.222. The van der Waals surface area contributed by atoms with Gasteiger partial charge < -0.3 is 9.47 Å². The molecule has 5 nitrogen and oxygen atoms in total. The summed E-state index contributed by atoms with van der Waals surface area (Å²) in [5, 5.41) is 7.29. The third-order valence-electron chi connectivity index (χ3n) is 3.33. The molecule has 24 heavy (non-hydrogen) atoms. The molecule has 0 bridgehead atoms. The number of benzene rings is 1. The smallest absolute Gasteiger partial charge is 0.250 e. The van der Waals surface area contributed by atoms with Gasteiger partial charge in [0.05, 0.1) is 10.6 Å². The van der Waals surface area contributed by atoms with Crippen LogP contribution in [0.3, 0.4) is 0 Å².